The van der Waals surface area contributed by atoms with E-state index in [1.54, 1.807) is 7.11 Å². The van der Waals surface area contributed by atoms with Crippen molar-refractivity contribution in [3.05, 3.63) is 46.7 Å². The van der Waals surface area contributed by atoms with Crippen molar-refractivity contribution in [2.45, 2.75) is 26.2 Å². The highest BCUT2D eigenvalue weighted by atomic mass is 127. The number of methoxy groups -OCH3 is 1. The summed E-state index contributed by atoms with van der Waals surface area (Å²) in [6.07, 6.45) is 6.76. The summed E-state index contributed by atoms with van der Waals surface area (Å²) in [6.45, 7) is 4.43. The lowest BCUT2D eigenvalue weighted by molar-refractivity contribution is 0.414. The van der Waals surface area contributed by atoms with E-state index in [1.807, 2.05) is 42.3 Å². The second-order valence-corrected chi connectivity index (χ2v) is 6.43. The Bertz CT molecular complexity index is 720. The number of aromatic nitrogens is 2. The highest BCUT2D eigenvalue weighted by molar-refractivity contribution is 14.0. The predicted octanol–water partition coefficient (Wildman–Crippen LogP) is 3.43. The lowest BCUT2D eigenvalue weighted by Crippen LogP contribution is -2.38. The van der Waals surface area contributed by atoms with Crippen LogP contribution in [0, 0.1) is 0 Å². The molecule has 1 aromatic carbocycles. The van der Waals surface area contributed by atoms with E-state index in [0.717, 1.165) is 61.2 Å². The first-order valence-corrected chi connectivity index (χ1v) is 9.32. The highest BCUT2D eigenvalue weighted by Gasteiger charge is 2.03. The summed E-state index contributed by atoms with van der Waals surface area (Å²) in [5.74, 6) is 1.61. The van der Waals surface area contributed by atoms with Crippen LogP contribution < -0.4 is 15.4 Å². The monoisotopic (exact) mass is 505 g/mol. The fourth-order valence-corrected chi connectivity index (χ4v) is 2.86. The number of aryl methyl sites for hydroxylation is 2. The molecule has 2 N–H and O–H groups in total. The predicted molar refractivity (Wildman–Crippen MR) is 123 cm³/mol. The molecule has 0 fully saturated rings. The third kappa shape index (κ3) is 8.38. The van der Waals surface area contributed by atoms with Crippen LogP contribution in [-0.2, 0) is 19.9 Å². The summed E-state index contributed by atoms with van der Waals surface area (Å²) >= 11 is 6.29. The molecule has 0 amide bonds. The summed E-state index contributed by atoms with van der Waals surface area (Å²) in [5, 5.41) is 11.5. The Morgan fingerprint density at radius 1 is 1.30 bits per heavy atom. The van der Waals surface area contributed by atoms with Crippen LogP contribution in [0.25, 0.3) is 0 Å². The zero-order valence-electron chi connectivity index (χ0n) is 16.2. The molecule has 0 unspecified atom stereocenters. The molecule has 0 aliphatic heterocycles. The molecule has 1 aromatic heterocycles. The molecule has 0 atom stereocenters. The number of nitrogens with one attached hydrogen (secondary N) is 2. The van der Waals surface area contributed by atoms with Crippen molar-refractivity contribution in [1.82, 2.24) is 20.4 Å². The third-order valence-electron chi connectivity index (χ3n) is 3.94. The van der Waals surface area contributed by atoms with Gasteiger partial charge in [-0.15, -0.1) is 24.0 Å². The first-order valence-electron chi connectivity index (χ1n) is 8.94. The minimum atomic E-state index is 0. The van der Waals surface area contributed by atoms with Crippen molar-refractivity contribution < 1.29 is 4.74 Å². The van der Waals surface area contributed by atoms with Gasteiger partial charge in [0, 0.05) is 37.9 Å². The van der Waals surface area contributed by atoms with E-state index >= 15 is 0 Å². The molecule has 0 bridgehead atoms. The van der Waals surface area contributed by atoms with Gasteiger partial charge in [0.05, 0.1) is 13.3 Å². The largest absolute Gasteiger partial charge is 0.497 e. The minimum Gasteiger partial charge on any atom is -0.497 e. The number of guanidine groups is 1. The number of hydrogen-bond donors (Lipinski definition) is 2. The molecule has 0 saturated carbocycles. The number of aliphatic imine (C=N–C) groups is 1. The summed E-state index contributed by atoms with van der Waals surface area (Å²) in [5.41, 5.74) is 2.34. The van der Waals surface area contributed by atoms with Gasteiger partial charge in [-0.3, -0.25) is 9.67 Å². The Kier molecular flexibility index (Phi) is 11.2. The van der Waals surface area contributed by atoms with E-state index < -0.39 is 0 Å². The van der Waals surface area contributed by atoms with Gasteiger partial charge in [-0.2, -0.15) is 5.10 Å². The quantitative estimate of drug-likeness (QED) is 0.237. The molecule has 0 aliphatic rings. The van der Waals surface area contributed by atoms with Crippen LogP contribution in [0.2, 0.25) is 5.02 Å². The van der Waals surface area contributed by atoms with Gasteiger partial charge in [-0.1, -0.05) is 17.7 Å². The van der Waals surface area contributed by atoms with Gasteiger partial charge >= 0.3 is 0 Å². The Morgan fingerprint density at radius 3 is 2.74 bits per heavy atom. The van der Waals surface area contributed by atoms with Gasteiger partial charge in [0.2, 0.25) is 0 Å². The molecule has 0 radical (unpaired) electrons. The SMILES string of the molecule is CCNC(=NCCCc1cnn(C)c1)NCCc1ccc(OC)cc1Cl.I. The lowest BCUT2D eigenvalue weighted by atomic mass is 10.1. The van der Waals surface area contributed by atoms with Crippen molar-refractivity contribution in [1.29, 1.82) is 0 Å². The van der Waals surface area contributed by atoms with Crippen molar-refractivity contribution in [2.75, 3.05) is 26.7 Å². The maximum absolute atomic E-state index is 6.29. The average Bonchev–Trinajstić information content (AvgIpc) is 3.05. The third-order valence-corrected chi connectivity index (χ3v) is 4.29. The second-order valence-electron chi connectivity index (χ2n) is 6.02. The van der Waals surface area contributed by atoms with Gasteiger partial charge in [-0.25, -0.2) is 0 Å². The van der Waals surface area contributed by atoms with Crippen molar-refractivity contribution in [2.24, 2.45) is 12.0 Å². The molecular formula is C19H29ClIN5O. The fraction of sp³-hybridized carbons (Fsp3) is 0.474. The second kappa shape index (κ2) is 12.8. The molecule has 150 valence electrons. The topological polar surface area (TPSA) is 63.5 Å². The summed E-state index contributed by atoms with van der Waals surface area (Å²) < 4.78 is 7.01. The number of ether oxygens (including phenoxy) is 1. The zero-order chi connectivity index (χ0) is 18.8. The van der Waals surface area contributed by atoms with Crippen LogP contribution in [0.1, 0.15) is 24.5 Å². The van der Waals surface area contributed by atoms with Crippen LogP contribution in [0.4, 0.5) is 0 Å². The number of nitrogens with zero attached hydrogens (tertiary/aromatic N) is 3. The minimum absolute atomic E-state index is 0. The maximum atomic E-state index is 6.29. The van der Waals surface area contributed by atoms with Crippen molar-refractivity contribution in [3.8, 4) is 5.75 Å². The van der Waals surface area contributed by atoms with Crippen LogP contribution in [0.15, 0.2) is 35.6 Å². The molecule has 2 rings (SSSR count). The Balaban J connectivity index is 0.00000364. The standard InChI is InChI=1S/C19H28ClN5O.HI/c1-4-21-19(22-10-5-6-15-13-24-25(2)14-15)23-11-9-16-7-8-17(26-3)12-18(16)20;/h7-8,12-14H,4-6,9-11H2,1-3H3,(H2,21,22,23);1H. The summed E-state index contributed by atoms with van der Waals surface area (Å²) in [7, 11) is 3.57. The van der Waals surface area contributed by atoms with Crippen LogP contribution in [0.3, 0.4) is 0 Å². The van der Waals surface area contributed by atoms with Crippen molar-refractivity contribution in [3.63, 3.8) is 0 Å². The normalized spacial score (nSPS) is 11.0. The molecule has 27 heavy (non-hydrogen) atoms. The van der Waals surface area contributed by atoms with Crippen LogP contribution >= 0.6 is 35.6 Å². The molecule has 1 heterocycles. The number of hydrogen-bond acceptors (Lipinski definition) is 3. The first kappa shape index (κ1) is 23.6. The highest BCUT2D eigenvalue weighted by Crippen LogP contribution is 2.22. The van der Waals surface area contributed by atoms with Crippen LogP contribution in [0.5, 0.6) is 5.75 Å². The number of benzene rings is 1. The fourth-order valence-electron chi connectivity index (χ4n) is 2.59. The number of halogens is 2. The Morgan fingerprint density at radius 2 is 2.11 bits per heavy atom. The smallest absolute Gasteiger partial charge is 0.191 e. The van der Waals surface area contributed by atoms with Gasteiger partial charge in [-0.05, 0) is 49.4 Å². The Labute approximate surface area is 183 Å². The lowest BCUT2D eigenvalue weighted by Gasteiger charge is -2.12. The van der Waals surface area contributed by atoms with E-state index in [4.69, 9.17) is 16.3 Å². The van der Waals surface area contributed by atoms with Crippen LogP contribution in [-0.4, -0.2) is 42.5 Å². The van der Waals surface area contributed by atoms with E-state index in [-0.39, 0.29) is 24.0 Å². The average molecular weight is 506 g/mol. The maximum Gasteiger partial charge on any atom is 0.191 e. The van der Waals surface area contributed by atoms with Gasteiger partial charge in [0.1, 0.15) is 5.75 Å². The zero-order valence-corrected chi connectivity index (χ0v) is 19.3. The molecule has 0 saturated heterocycles. The summed E-state index contributed by atoms with van der Waals surface area (Å²) in [4.78, 5) is 4.63. The van der Waals surface area contributed by atoms with E-state index in [9.17, 15) is 0 Å². The van der Waals surface area contributed by atoms with Gasteiger partial charge in [0.15, 0.2) is 5.96 Å². The summed E-state index contributed by atoms with van der Waals surface area (Å²) in [6, 6.07) is 5.77. The number of rotatable bonds is 9. The van der Waals surface area contributed by atoms with Crippen molar-refractivity contribution >= 4 is 41.5 Å². The molecule has 0 spiro atoms. The van der Waals surface area contributed by atoms with E-state index in [0.29, 0.717) is 0 Å². The first-order chi connectivity index (χ1) is 12.6. The van der Waals surface area contributed by atoms with Gasteiger partial charge < -0.3 is 15.4 Å². The molecule has 0 aliphatic carbocycles. The van der Waals surface area contributed by atoms with E-state index in [1.165, 1.54) is 5.56 Å². The molecular weight excluding hydrogens is 477 g/mol. The van der Waals surface area contributed by atoms with E-state index in [2.05, 4.69) is 27.6 Å². The van der Waals surface area contributed by atoms with Gasteiger partial charge in [0.25, 0.3) is 0 Å². The molecule has 2 aromatic rings. The Hall–Kier alpha value is -1.48. The molecule has 8 heteroatoms. The molecule has 6 nitrogen and oxygen atoms in total.